The first kappa shape index (κ1) is 36.8. The molecule has 5 fully saturated rings. The van der Waals surface area contributed by atoms with Crippen molar-refractivity contribution in [3.05, 3.63) is 11.6 Å². The SMILES string of the molecule is CC(=O)O[C@H]1CO[C@@H](O[C@H]2[C@H](OC(C)=O)C[C@]3(C)[C@H]4CC=C5[C@@H]6CC(C)(C)CC[C@]6(C(=O)O)CC[C@@]5(C)[C@]4(C)CC[C@H]3C2(C)C)[C@H](O)[C@H]1O. The molecule has 6 aliphatic rings. The first-order valence-corrected chi connectivity index (χ1v) is 18.5. The van der Waals surface area contributed by atoms with Crippen molar-refractivity contribution in [1.82, 2.24) is 0 Å². The molecule has 1 aliphatic heterocycles. The molecule has 4 saturated carbocycles. The zero-order valence-corrected chi connectivity index (χ0v) is 31.0. The minimum atomic E-state index is -1.47. The Bertz CT molecular complexity index is 1390. The van der Waals surface area contributed by atoms with E-state index in [9.17, 15) is 29.7 Å². The quantitative estimate of drug-likeness (QED) is 0.184. The van der Waals surface area contributed by atoms with E-state index in [4.69, 9.17) is 18.9 Å². The first-order chi connectivity index (χ1) is 22.6. The lowest BCUT2D eigenvalue weighted by atomic mass is 9.33. The van der Waals surface area contributed by atoms with Crippen LogP contribution in [-0.2, 0) is 33.3 Å². The van der Waals surface area contributed by atoms with E-state index in [0.717, 1.165) is 44.9 Å². The van der Waals surface area contributed by atoms with Crippen molar-refractivity contribution in [1.29, 1.82) is 0 Å². The van der Waals surface area contributed by atoms with Gasteiger partial charge in [0.15, 0.2) is 12.4 Å². The third-order valence-corrected chi connectivity index (χ3v) is 15.3. The second kappa shape index (κ2) is 12.0. The summed E-state index contributed by atoms with van der Waals surface area (Å²) in [5, 5.41) is 32.5. The lowest BCUT2D eigenvalue weighted by molar-refractivity contribution is -0.324. The van der Waals surface area contributed by atoms with Crippen molar-refractivity contribution in [2.24, 2.45) is 50.2 Å². The maximum atomic E-state index is 13.0. The van der Waals surface area contributed by atoms with Crippen molar-refractivity contribution >= 4 is 17.9 Å². The number of carbonyl (C=O) groups excluding carboxylic acids is 2. The van der Waals surface area contributed by atoms with Crippen molar-refractivity contribution < 1.29 is 48.7 Å². The number of allylic oxidation sites excluding steroid dienone is 2. The van der Waals surface area contributed by atoms with Crippen LogP contribution in [0.3, 0.4) is 0 Å². The van der Waals surface area contributed by atoms with Gasteiger partial charge in [-0.25, -0.2) is 0 Å². The molecular formula is C39H60O10. The molecule has 49 heavy (non-hydrogen) atoms. The fraction of sp³-hybridized carbons (Fsp3) is 0.872. The molecule has 0 aromatic rings. The van der Waals surface area contributed by atoms with Crippen LogP contribution in [0.2, 0.25) is 0 Å². The van der Waals surface area contributed by atoms with Crippen LogP contribution in [0, 0.1) is 50.2 Å². The van der Waals surface area contributed by atoms with Crippen LogP contribution in [0.4, 0.5) is 0 Å². The molecule has 276 valence electrons. The largest absolute Gasteiger partial charge is 0.481 e. The van der Waals surface area contributed by atoms with Crippen LogP contribution in [0.25, 0.3) is 0 Å². The van der Waals surface area contributed by atoms with E-state index in [1.54, 1.807) is 0 Å². The smallest absolute Gasteiger partial charge is 0.310 e. The Morgan fingerprint density at radius 1 is 0.816 bits per heavy atom. The summed E-state index contributed by atoms with van der Waals surface area (Å²) in [6.07, 6.45) is 3.56. The second-order valence-corrected chi connectivity index (χ2v) is 18.7. The molecule has 10 nitrogen and oxygen atoms in total. The van der Waals surface area contributed by atoms with Crippen molar-refractivity contribution in [3.8, 4) is 0 Å². The number of aliphatic carboxylic acids is 1. The summed E-state index contributed by atoms with van der Waals surface area (Å²) in [6, 6.07) is 0. The molecule has 0 aromatic carbocycles. The van der Waals surface area contributed by atoms with Crippen LogP contribution < -0.4 is 0 Å². The van der Waals surface area contributed by atoms with Gasteiger partial charge < -0.3 is 34.3 Å². The van der Waals surface area contributed by atoms with E-state index in [-0.39, 0.29) is 46.0 Å². The fourth-order valence-electron chi connectivity index (χ4n) is 12.6. The van der Waals surface area contributed by atoms with E-state index >= 15 is 0 Å². The number of fused-ring (bicyclic) bond motifs is 7. The monoisotopic (exact) mass is 688 g/mol. The molecular weight excluding hydrogens is 628 g/mol. The van der Waals surface area contributed by atoms with Crippen molar-refractivity contribution in [2.75, 3.05) is 6.61 Å². The summed E-state index contributed by atoms with van der Waals surface area (Å²) < 4.78 is 23.6. The summed E-state index contributed by atoms with van der Waals surface area (Å²) in [5.74, 6) is -1.15. The number of carboxylic acids is 1. The zero-order valence-electron chi connectivity index (χ0n) is 31.0. The van der Waals surface area contributed by atoms with Crippen LogP contribution >= 0.6 is 0 Å². The highest BCUT2D eigenvalue weighted by molar-refractivity contribution is 5.76. The number of carboxylic acid groups (broad SMARTS) is 1. The predicted molar refractivity (Wildman–Crippen MR) is 180 cm³/mol. The molecule has 0 spiro atoms. The third-order valence-electron chi connectivity index (χ3n) is 15.3. The number of carbonyl (C=O) groups is 3. The number of esters is 2. The Kier molecular flexibility index (Phi) is 9.02. The Hall–Kier alpha value is -2.01. The lowest BCUT2D eigenvalue weighted by Crippen LogP contribution is -2.68. The van der Waals surface area contributed by atoms with Crippen LogP contribution in [0.5, 0.6) is 0 Å². The Balaban J connectivity index is 1.33. The Morgan fingerprint density at radius 2 is 1.45 bits per heavy atom. The maximum Gasteiger partial charge on any atom is 0.310 e. The Morgan fingerprint density at radius 3 is 2.08 bits per heavy atom. The predicted octanol–water partition coefficient (Wildman–Crippen LogP) is 5.81. The van der Waals surface area contributed by atoms with Gasteiger partial charge in [-0.3, -0.25) is 14.4 Å². The number of aliphatic hydroxyl groups is 2. The molecule has 0 unspecified atom stereocenters. The standard InChI is InChI=1S/C39H60O10/c1-21(40)47-25-19-36(7)27(35(5,6)31(25)49-32-30(43)29(42)26(20-46-32)48-22(2)41)12-13-38(9)28(36)11-10-23-24-18-34(3,4)14-16-39(24,33(44)45)17-15-37(23,38)8/h10,24-32,42-43H,11-20H2,1-9H3,(H,44,45)/t24-,25+,26-,27-,28+,29-,30+,31-,32-,36-,37+,38+,39-/m0/s1. The molecule has 6 rings (SSSR count). The maximum absolute atomic E-state index is 13.0. The molecule has 13 atom stereocenters. The molecule has 0 radical (unpaired) electrons. The lowest BCUT2D eigenvalue weighted by Gasteiger charge is -2.71. The van der Waals surface area contributed by atoms with Crippen molar-refractivity contribution in [3.63, 3.8) is 0 Å². The van der Waals surface area contributed by atoms with E-state index in [2.05, 4.69) is 54.5 Å². The van der Waals surface area contributed by atoms with Gasteiger partial charge in [-0.15, -0.1) is 0 Å². The second-order valence-electron chi connectivity index (χ2n) is 18.7. The molecule has 5 aliphatic carbocycles. The molecule has 1 heterocycles. The number of hydrogen-bond donors (Lipinski definition) is 3. The number of aliphatic hydroxyl groups excluding tert-OH is 2. The van der Waals surface area contributed by atoms with Crippen LogP contribution in [0.15, 0.2) is 11.6 Å². The molecule has 3 N–H and O–H groups in total. The fourth-order valence-corrected chi connectivity index (χ4v) is 12.6. The number of ether oxygens (including phenoxy) is 4. The summed E-state index contributed by atoms with van der Waals surface area (Å²) in [6.45, 7) is 18.6. The van der Waals surface area contributed by atoms with E-state index in [1.165, 1.54) is 19.4 Å². The van der Waals surface area contributed by atoms with Gasteiger partial charge in [-0.2, -0.15) is 0 Å². The summed E-state index contributed by atoms with van der Waals surface area (Å²) in [4.78, 5) is 37.2. The van der Waals surface area contributed by atoms with Crippen LogP contribution in [-0.4, -0.2) is 76.6 Å². The highest BCUT2D eigenvalue weighted by Crippen LogP contribution is 2.76. The van der Waals surface area contributed by atoms with Gasteiger partial charge in [-0.1, -0.05) is 60.1 Å². The van der Waals surface area contributed by atoms with E-state index in [1.807, 2.05) is 0 Å². The molecule has 1 saturated heterocycles. The third kappa shape index (κ3) is 5.52. The Labute approximate surface area is 291 Å². The van der Waals surface area contributed by atoms with Crippen molar-refractivity contribution in [2.45, 2.75) is 157 Å². The first-order valence-electron chi connectivity index (χ1n) is 18.5. The highest BCUT2D eigenvalue weighted by Gasteiger charge is 2.71. The van der Waals surface area contributed by atoms with Crippen LogP contribution in [0.1, 0.15) is 120 Å². The van der Waals surface area contributed by atoms with E-state index < -0.39 is 65.5 Å². The normalized spacial score (nSPS) is 48.4. The average Bonchev–Trinajstić information content (AvgIpc) is 2.97. The van der Waals surface area contributed by atoms with E-state index in [0.29, 0.717) is 12.8 Å². The van der Waals surface area contributed by atoms with Gasteiger partial charge in [0.2, 0.25) is 0 Å². The summed E-state index contributed by atoms with van der Waals surface area (Å²) >= 11 is 0. The summed E-state index contributed by atoms with van der Waals surface area (Å²) in [5.41, 5.74) is -0.213. The molecule has 0 amide bonds. The van der Waals surface area contributed by atoms with Gasteiger partial charge in [0, 0.05) is 13.8 Å². The zero-order chi connectivity index (χ0) is 36.1. The number of hydrogen-bond acceptors (Lipinski definition) is 9. The highest BCUT2D eigenvalue weighted by atomic mass is 16.7. The van der Waals surface area contributed by atoms with Gasteiger partial charge >= 0.3 is 17.9 Å². The molecule has 0 bridgehead atoms. The minimum absolute atomic E-state index is 0.0305. The summed E-state index contributed by atoms with van der Waals surface area (Å²) in [7, 11) is 0. The van der Waals surface area contributed by atoms with Gasteiger partial charge in [0.25, 0.3) is 0 Å². The number of rotatable bonds is 5. The topological polar surface area (TPSA) is 149 Å². The average molecular weight is 689 g/mol. The molecule has 10 heteroatoms. The van der Waals surface area contributed by atoms with Gasteiger partial charge in [-0.05, 0) is 103 Å². The van der Waals surface area contributed by atoms with Gasteiger partial charge in [0.05, 0.1) is 12.0 Å². The molecule has 0 aromatic heterocycles. The van der Waals surface area contributed by atoms with Gasteiger partial charge in [0.1, 0.15) is 24.4 Å². The minimum Gasteiger partial charge on any atom is -0.481 e.